The van der Waals surface area contributed by atoms with Gasteiger partial charge >= 0.3 is 102 Å². The maximum absolute atomic E-state index is 6.11. The molecule has 0 aromatic rings. The first kappa shape index (κ1) is 13.1. The second-order valence-electron chi connectivity index (χ2n) is 5.35. The van der Waals surface area contributed by atoms with Gasteiger partial charge in [-0.15, -0.1) is 0 Å². The van der Waals surface area contributed by atoms with E-state index in [1.54, 1.807) is 20.3 Å². The topological polar surface area (TPSA) is 46.2 Å². The third-order valence-corrected chi connectivity index (χ3v) is 7.27. The third kappa shape index (κ3) is 1.68. The third-order valence-electron chi connectivity index (χ3n) is 3.64. The molecule has 1 fully saturated rings. The van der Waals surface area contributed by atoms with E-state index in [0.29, 0.717) is 12.1 Å². The monoisotopic (exact) mass is 264 g/mol. The van der Waals surface area contributed by atoms with Crippen LogP contribution in [0.25, 0.3) is 0 Å². The van der Waals surface area contributed by atoms with Crippen molar-refractivity contribution in [1.82, 2.24) is 0 Å². The van der Waals surface area contributed by atoms with Crippen molar-refractivity contribution in [2.75, 3.05) is 20.4 Å². The Kier molecular flexibility index (Phi) is 2.58. The fourth-order valence-corrected chi connectivity index (χ4v) is 5.87. The molecule has 6 heteroatoms. The molecule has 2 heterocycles. The summed E-state index contributed by atoms with van der Waals surface area (Å²) in [5.41, 5.74) is -0.976. The van der Waals surface area contributed by atoms with Crippen LogP contribution in [-0.2, 0) is 22.8 Å². The van der Waals surface area contributed by atoms with Gasteiger partial charge < -0.3 is 0 Å². The first-order valence-electron chi connectivity index (χ1n) is 5.63. The Labute approximate surface area is 102 Å². The van der Waals surface area contributed by atoms with Crippen LogP contribution >= 0.6 is 7.51 Å². The van der Waals surface area contributed by atoms with Gasteiger partial charge in [-0.25, -0.2) is 0 Å². The Hall–Kier alpha value is -0.350. The summed E-state index contributed by atoms with van der Waals surface area (Å²) in [6.45, 7) is 7.90. The van der Waals surface area contributed by atoms with E-state index in [2.05, 4.69) is 0 Å². The van der Waals surface area contributed by atoms with Crippen molar-refractivity contribution < 1.29 is 22.8 Å². The Balaban J connectivity index is 2.38. The van der Waals surface area contributed by atoms with Crippen molar-refractivity contribution in [3.8, 4) is 0 Å². The SMILES string of the molecule is COC1=CCP2(OC)(O1)OC(C)(C)C(C)(C)O2. The summed E-state index contributed by atoms with van der Waals surface area (Å²) < 4.78 is 28.7. The van der Waals surface area contributed by atoms with Crippen LogP contribution in [0.1, 0.15) is 27.7 Å². The van der Waals surface area contributed by atoms with Gasteiger partial charge in [-0.3, -0.25) is 0 Å². The quantitative estimate of drug-likeness (QED) is 0.717. The Bertz CT molecular complexity index is 358. The van der Waals surface area contributed by atoms with Gasteiger partial charge in [0.15, 0.2) is 0 Å². The average Bonchev–Trinajstić information content (AvgIpc) is 2.64. The zero-order chi connectivity index (χ0) is 13.0. The molecule has 0 aromatic carbocycles. The van der Waals surface area contributed by atoms with Gasteiger partial charge in [0.2, 0.25) is 0 Å². The van der Waals surface area contributed by atoms with Gasteiger partial charge in [-0.05, 0) is 0 Å². The number of ether oxygens (including phenoxy) is 1. The normalized spacial score (nSPS) is 33.5. The molecule has 17 heavy (non-hydrogen) atoms. The molecule has 1 saturated heterocycles. The summed E-state index contributed by atoms with van der Waals surface area (Å²) >= 11 is 0. The van der Waals surface area contributed by atoms with Crippen LogP contribution < -0.4 is 0 Å². The fourth-order valence-electron chi connectivity index (χ4n) is 2.01. The molecule has 0 aromatic heterocycles. The van der Waals surface area contributed by atoms with Crippen LogP contribution in [-0.4, -0.2) is 31.6 Å². The molecule has 0 N–H and O–H groups in total. The molecule has 0 radical (unpaired) electrons. The Morgan fingerprint density at radius 3 is 2.00 bits per heavy atom. The molecule has 0 saturated carbocycles. The van der Waals surface area contributed by atoms with Crippen LogP contribution in [0.2, 0.25) is 0 Å². The minimum atomic E-state index is -3.55. The van der Waals surface area contributed by atoms with Crippen LogP contribution in [0, 0.1) is 0 Å². The van der Waals surface area contributed by atoms with E-state index in [9.17, 15) is 0 Å². The zero-order valence-electron chi connectivity index (χ0n) is 11.3. The van der Waals surface area contributed by atoms with Gasteiger partial charge in [0.1, 0.15) is 0 Å². The van der Waals surface area contributed by atoms with Crippen LogP contribution in [0.15, 0.2) is 12.0 Å². The van der Waals surface area contributed by atoms with Gasteiger partial charge in [0.05, 0.1) is 0 Å². The zero-order valence-corrected chi connectivity index (χ0v) is 12.2. The summed E-state index contributed by atoms with van der Waals surface area (Å²) in [5.74, 6) is 0.401. The first-order valence-corrected chi connectivity index (χ1v) is 7.72. The van der Waals surface area contributed by atoms with E-state index in [-0.39, 0.29) is 0 Å². The van der Waals surface area contributed by atoms with Crippen molar-refractivity contribution in [2.24, 2.45) is 0 Å². The van der Waals surface area contributed by atoms with Gasteiger partial charge in [-0.2, -0.15) is 0 Å². The summed E-state index contributed by atoms with van der Waals surface area (Å²) in [7, 11) is -0.441. The van der Waals surface area contributed by atoms with Crippen molar-refractivity contribution in [1.29, 1.82) is 0 Å². The molecule has 0 bridgehead atoms. The van der Waals surface area contributed by atoms with Crippen molar-refractivity contribution in [3.63, 3.8) is 0 Å². The molecule has 2 aliphatic heterocycles. The molecule has 2 rings (SSSR count). The number of methoxy groups -OCH3 is 1. The summed E-state index contributed by atoms with van der Waals surface area (Å²) in [6.07, 6.45) is 2.26. The average molecular weight is 264 g/mol. The molecule has 0 atom stereocenters. The van der Waals surface area contributed by atoms with Gasteiger partial charge in [0, 0.05) is 0 Å². The van der Waals surface area contributed by atoms with Crippen LogP contribution in [0.5, 0.6) is 0 Å². The van der Waals surface area contributed by atoms with E-state index in [4.69, 9.17) is 22.8 Å². The van der Waals surface area contributed by atoms with Crippen LogP contribution in [0.3, 0.4) is 0 Å². The molecule has 0 amide bonds. The van der Waals surface area contributed by atoms with Crippen molar-refractivity contribution in [3.05, 3.63) is 12.0 Å². The minimum absolute atomic E-state index is 0.401. The molecular formula is C11H21O5P. The van der Waals surface area contributed by atoms with Gasteiger partial charge in [0.25, 0.3) is 0 Å². The number of hydrogen-bond acceptors (Lipinski definition) is 5. The van der Waals surface area contributed by atoms with E-state index in [1.807, 2.05) is 27.7 Å². The number of rotatable bonds is 2. The van der Waals surface area contributed by atoms with E-state index >= 15 is 0 Å². The maximum atomic E-state index is 6.11. The first-order chi connectivity index (χ1) is 7.68. The molecule has 0 aliphatic carbocycles. The fraction of sp³-hybridized carbons (Fsp3) is 0.818. The summed E-state index contributed by atoms with van der Waals surface area (Å²) in [5, 5.41) is 0. The van der Waals surface area contributed by atoms with Crippen molar-refractivity contribution >= 4 is 7.51 Å². The van der Waals surface area contributed by atoms with Crippen molar-refractivity contribution in [2.45, 2.75) is 38.9 Å². The molecule has 2 aliphatic rings. The van der Waals surface area contributed by atoms with E-state index in [1.165, 1.54) is 0 Å². The van der Waals surface area contributed by atoms with Crippen LogP contribution in [0.4, 0.5) is 0 Å². The second-order valence-corrected chi connectivity index (χ2v) is 8.56. The Morgan fingerprint density at radius 2 is 1.65 bits per heavy atom. The Morgan fingerprint density at radius 1 is 1.12 bits per heavy atom. The molecule has 100 valence electrons. The number of allylic oxidation sites excluding steroid dienone is 1. The summed E-state index contributed by atoms with van der Waals surface area (Å²) in [6, 6.07) is 0. The summed E-state index contributed by atoms with van der Waals surface area (Å²) in [4.78, 5) is 0. The standard InChI is InChI=1S/C11H21O5P/c1-10(2)11(3,4)16-17(13-6,15-10)8-7-9(12-5)14-17/h7H,8H2,1-6H3. The second kappa shape index (κ2) is 3.35. The molecule has 5 nitrogen and oxygen atoms in total. The van der Waals surface area contributed by atoms with E-state index in [0.717, 1.165) is 0 Å². The molecular weight excluding hydrogens is 243 g/mol. The predicted molar refractivity (Wildman–Crippen MR) is 65.3 cm³/mol. The number of hydrogen-bond donors (Lipinski definition) is 0. The molecule has 0 unspecified atom stereocenters. The molecule has 1 spiro atoms. The predicted octanol–water partition coefficient (Wildman–Crippen LogP) is 2.97. The van der Waals surface area contributed by atoms with E-state index < -0.39 is 18.7 Å². The van der Waals surface area contributed by atoms with Gasteiger partial charge in [-0.1, -0.05) is 0 Å².